The second kappa shape index (κ2) is 7.13. The van der Waals surface area contributed by atoms with Gasteiger partial charge in [-0.15, -0.1) is 11.3 Å². The van der Waals surface area contributed by atoms with E-state index in [2.05, 4.69) is 39.6 Å². The highest BCUT2D eigenvalue weighted by atomic mass is 32.1. The summed E-state index contributed by atoms with van der Waals surface area (Å²) in [6, 6.07) is 0. The highest BCUT2D eigenvalue weighted by Crippen LogP contribution is 2.33. The van der Waals surface area contributed by atoms with Crippen LogP contribution in [0, 0.1) is 6.92 Å². The molecule has 0 amide bonds. The van der Waals surface area contributed by atoms with E-state index in [4.69, 9.17) is 9.51 Å². The van der Waals surface area contributed by atoms with Crippen molar-refractivity contribution >= 4 is 11.3 Å². The van der Waals surface area contributed by atoms with Crippen LogP contribution >= 0.6 is 11.3 Å². The summed E-state index contributed by atoms with van der Waals surface area (Å²) in [6.45, 7) is 9.50. The van der Waals surface area contributed by atoms with Crippen LogP contribution in [0.1, 0.15) is 60.9 Å². The number of nitrogens with one attached hydrogen (secondary N) is 1. The first-order chi connectivity index (χ1) is 12.1. The Morgan fingerprint density at radius 2 is 2.04 bits per heavy atom. The summed E-state index contributed by atoms with van der Waals surface area (Å²) in [5.74, 6) is 2.16. The van der Waals surface area contributed by atoms with E-state index in [1.54, 1.807) is 11.3 Å². The van der Waals surface area contributed by atoms with Gasteiger partial charge in [0.05, 0.1) is 10.7 Å². The van der Waals surface area contributed by atoms with Crippen molar-refractivity contribution in [3.05, 3.63) is 27.8 Å². The van der Waals surface area contributed by atoms with Crippen LogP contribution < -0.4 is 5.32 Å². The van der Waals surface area contributed by atoms with Crippen molar-refractivity contribution in [1.82, 2.24) is 25.3 Å². The molecular formula is C18H27N5OS. The zero-order valence-corrected chi connectivity index (χ0v) is 15.9. The lowest BCUT2D eigenvalue weighted by Gasteiger charge is -2.31. The molecule has 0 unspecified atom stereocenters. The Hall–Kier alpha value is -1.31. The van der Waals surface area contributed by atoms with E-state index in [9.17, 15) is 0 Å². The van der Waals surface area contributed by atoms with E-state index in [0.717, 1.165) is 75.1 Å². The fraction of sp³-hybridized carbons (Fsp3) is 0.722. The molecule has 6 nitrogen and oxygen atoms in total. The molecule has 2 aromatic heterocycles. The van der Waals surface area contributed by atoms with Crippen LogP contribution in [-0.4, -0.2) is 46.2 Å². The smallest absolute Gasteiger partial charge is 0.229 e. The van der Waals surface area contributed by atoms with Gasteiger partial charge in [0.15, 0.2) is 5.82 Å². The van der Waals surface area contributed by atoms with Gasteiger partial charge in [-0.1, -0.05) is 12.1 Å². The Labute approximate surface area is 153 Å². The minimum Gasteiger partial charge on any atom is -0.339 e. The third-order valence-electron chi connectivity index (χ3n) is 5.68. The number of likely N-dealkylation sites (tertiary alicyclic amines) is 1. The number of aromatic nitrogens is 3. The summed E-state index contributed by atoms with van der Waals surface area (Å²) < 4.78 is 5.67. The molecule has 2 aliphatic heterocycles. The van der Waals surface area contributed by atoms with Gasteiger partial charge in [-0.2, -0.15) is 4.98 Å². The van der Waals surface area contributed by atoms with Crippen molar-refractivity contribution in [3.8, 4) is 0 Å². The average molecular weight is 362 g/mol. The molecule has 2 fully saturated rings. The van der Waals surface area contributed by atoms with Gasteiger partial charge in [0.1, 0.15) is 0 Å². The Balaban J connectivity index is 1.35. The summed E-state index contributed by atoms with van der Waals surface area (Å²) in [4.78, 5) is 11.9. The van der Waals surface area contributed by atoms with Gasteiger partial charge in [0.25, 0.3) is 0 Å². The molecule has 0 saturated carbocycles. The Morgan fingerprint density at radius 3 is 2.72 bits per heavy atom. The topological polar surface area (TPSA) is 67.1 Å². The van der Waals surface area contributed by atoms with Gasteiger partial charge in [-0.3, -0.25) is 4.90 Å². The minimum atomic E-state index is 0.0657. The van der Waals surface area contributed by atoms with Crippen molar-refractivity contribution in [1.29, 1.82) is 0 Å². The Kier molecular flexibility index (Phi) is 4.88. The fourth-order valence-electron chi connectivity index (χ4n) is 3.90. The number of hydrogen-bond acceptors (Lipinski definition) is 7. The van der Waals surface area contributed by atoms with Crippen LogP contribution in [0.3, 0.4) is 0 Å². The van der Waals surface area contributed by atoms with Crippen LogP contribution in [0.5, 0.6) is 0 Å². The van der Waals surface area contributed by atoms with E-state index in [1.165, 1.54) is 5.69 Å². The van der Waals surface area contributed by atoms with E-state index in [-0.39, 0.29) is 5.41 Å². The molecule has 0 radical (unpaired) electrons. The molecule has 25 heavy (non-hydrogen) atoms. The molecule has 4 rings (SSSR count). The molecule has 7 heteroatoms. The van der Waals surface area contributed by atoms with Crippen molar-refractivity contribution in [2.45, 2.75) is 57.4 Å². The minimum absolute atomic E-state index is 0.0657. The first-order valence-corrected chi connectivity index (χ1v) is 10.2. The first-order valence-electron chi connectivity index (χ1n) is 9.30. The molecule has 1 N–H and O–H groups in total. The SMILES string of the molecule is Cc1nc(CN2CCC(c3nc(C4(C)CCNCC4)no3)CC2)cs1. The summed E-state index contributed by atoms with van der Waals surface area (Å²) in [6.07, 6.45) is 4.33. The van der Waals surface area contributed by atoms with Crippen molar-refractivity contribution in [2.24, 2.45) is 0 Å². The number of hydrogen-bond donors (Lipinski definition) is 1. The highest BCUT2D eigenvalue weighted by molar-refractivity contribution is 7.09. The first kappa shape index (κ1) is 17.1. The van der Waals surface area contributed by atoms with Gasteiger partial charge in [0.2, 0.25) is 5.89 Å². The van der Waals surface area contributed by atoms with Crippen LogP contribution in [0.15, 0.2) is 9.90 Å². The van der Waals surface area contributed by atoms with Crippen molar-refractivity contribution in [2.75, 3.05) is 26.2 Å². The normalized spacial score (nSPS) is 22.3. The number of nitrogens with zero attached hydrogens (tertiary/aromatic N) is 4. The van der Waals surface area contributed by atoms with Crippen molar-refractivity contribution in [3.63, 3.8) is 0 Å². The largest absolute Gasteiger partial charge is 0.339 e. The Bertz CT molecular complexity index is 698. The highest BCUT2D eigenvalue weighted by Gasteiger charge is 2.35. The van der Waals surface area contributed by atoms with E-state index < -0.39 is 0 Å². The second-order valence-electron chi connectivity index (χ2n) is 7.68. The lowest BCUT2D eigenvalue weighted by Crippen LogP contribution is -2.38. The molecule has 0 bridgehead atoms. The van der Waals surface area contributed by atoms with E-state index in [1.807, 2.05) is 0 Å². The molecule has 4 heterocycles. The molecule has 0 aromatic carbocycles. The maximum absolute atomic E-state index is 5.67. The second-order valence-corrected chi connectivity index (χ2v) is 8.74. The Morgan fingerprint density at radius 1 is 1.28 bits per heavy atom. The zero-order chi connectivity index (χ0) is 17.3. The van der Waals surface area contributed by atoms with Gasteiger partial charge in [-0.05, 0) is 58.8 Å². The fourth-order valence-corrected chi connectivity index (χ4v) is 4.50. The standard InChI is InChI=1S/C18H27N5OS/c1-13-20-15(12-25-13)11-23-9-3-14(4-10-23)16-21-17(22-24-16)18(2)5-7-19-8-6-18/h12,14,19H,3-11H2,1-2H3. The number of thiazole rings is 1. The van der Waals surface area contributed by atoms with Gasteiger partial charge in [0, 0.05) is 23.3 Å². The number of aryl methyl sites for hydroxylation is 1. The van der Waals surface area contributed by atoms with Gasteiger partial charge in [-0.25, -0.2) is 4.98 Å². The molecule has 2 saturated heterocycles. The van der Waals surface area contributed by atoms with Crippen LogP contribution in [0.25, 0.3) is 0 Å². The molecule has 136 valence electrons. The third kappa shape index (κ3) is 3.78. The molecule has 0 spiro atoms. The van der Waals surface area contributed by atoms with Gasteiger partial charge < -0.3 is 9.84 Å². The summed E-state index contributed by atoms with van der Waals surface area (Å²) in [5.41, 5.74) is 1.26. The number of piperidine rings is 2. The predicted molar refractivity (Wildman–Crippen MR) is 97.9 cm³/mol. The summed E-state index contributed by atoms with van der Waals surface area (Å²) >= 11 is 1.73. The molecule has 2 aromatic rings. The summed E-state index contributed by atoms with van der Waals surface area (Å²) in [5, 5.41) is 11.1. The molecule has 0 aliphatic carbocycles. The van der Waals surface area contributed by atoms with Crippen LogP contribution in [-0.2, 0) is 12.0 Å². The number of rotatable bonds is 4. The lowest BCUT2D eigenvalue weighted by atomic mass is 9.80. The van der Waals surface area contributed by atoms with Crippen LogP contribution in [0.2, 0.25) is 0 Å². The molecule has 0 atom stereocenters. The molecular weight excluding hydrogens is 334 g/mol. The molecule has 2 aliphatic rings. The van der Waals surface area contributed by atoms with Crippen LogP contribution in [0.4, 0.5) is 0 Å². The lowest BCUT2D eigenvalue weighted by molar-refractivity contribution is 0.186. The average Bonchev–Trinajstić information content (AvgIpc) is 3.26. The quantitative estimate of drug-likeness (QED) is 0.903. The maximum atomic E-state index is 5.67. The zero-order valence-electron chi connectivity index (χ0n) is 15.1. The van der Waals surface area contributed by atoms with Crippen molar-refractivity contribution < 1.29 is 4.52 Å². The maximum Gasteiger partial charge on any atom is 0.229 e. The van der Waals surface area contributed by atoms with E-state index in [0.29, 0.717) is 5.92 Å². The summed E-state index contributed by atoms with van der Waals surface area (Å²) in [7, 11) is 0. The van der Waals surface area contributed by atoms with E-state index >= 15 is 0 Å². The predicted octanol–water partition coefficient (Wildman–Crippen LogP) is 2.86. The third-order valence-corrected chi connectivity index (χ3v) is 6.50. The monoisotopic (exact) mass is 361 g/mol. The van der Waals surface area contributed by atoms with Gasteiger partial charge >= 0.3 is 0 Å².